The van der Waals surface area contributed by atoms with Crippen molar-refractivity contribution in [3.63, 3.8) is 0 Å². The SMILES string of the molecule is CS(=O)(=O)N1CCC(c2ccccc2)(c2csc(Nc3ccccc3F)n2)CC1.O=CO. The third-order valence-corrected chi connectivity index (χ3v) is 7.54. The van der Waals surface area contributed by atoms with Gasteiger partial charge in [0, 0.05) is 23.9 Å². The number of nitrogens with zero attached hydrogens (tertiary/aromatic N) is 2. The molecule has 0 atom stereocenters. The van der Waals surface area contributed by atoms with Crippen LogP contribution < -0.4 is 5.32 Å². The molecule has 170 valence electrons. The molecule has 1 fully saturated rings. The molecule has 2 heterocycles. The van der Waals surface area contributed by atoms with Crippen LogP contribution in [-0.2, 0) is 20.2 Å². The van der Waals surface area contributed by atoms with Gasteiger partial charge in [0.2, 0.25) is 10.0 Å². The second-order valence-corrected chi connectivity index (χ2v) is 10.2. The first-order chi connectivity index (χ1) is 15.3. The van der Waals surface area contributed by atoms with E-state index in [-0.39, 0.29) is 17.7 Å². The zero-order valence-electron chi connectivity index (χ0n) is 17.4. The van der Waals surface area contributed by atoms with E-state index in [2.05, 4.69) is 17.4 Å². The number of carbonyl (C=O) groups is 1. The third-order valence-electron chi connectivity index (χ3n) is 5.48. The number of sulfonamides is 1. The molecule has 0 radical (unpaired) electrons. The lowest BCUT2D eigenvalue weighted by Gasteiger charge is -2.40. The van der Waals surface area contributed by atoms with E-state index in [9.17, 15) is 12.8 Å². The average Bonchev–Trinajstić information content (AvgIpc) is 3.25. The molecule has 0 bridgehead atoms. The van der Waals surface area contributed by atoms with Gasteiger partial charge < -0.3 is 10.4 Å². The van der Waals surface area contributed by atoms with Gasteiger partial charge in [-0.1, -0.05) is 42.5 Å². The van der Waals surface area contributed by atoms with Gasteiger partial charge in [0.1, 0.15) is 5.82 Å². The number of nitrogens with one attached hydrogen (secondary N) is 1. The Bertz CT molecular complexity index is 1140. The summed E-state index contributed by atoms with van der Waals surface area (Å²) in [6, 6.07) is 16.6. The summed E-state index contributed by atoms with van der Waals surface area (Å²) < 4.78 is 39.5. The Morgan fingerprint density at radius 1 is 1.12 bits per heavy atom. The topological polar surface area (TPSA) is 99.6 Å². The Balaban J connectivity index is 0.000000913. The van der Waals surface area contributed by atoms with Crippen molar-refractivity contribution in [2.75, 3.05) is 24.7 Å². The Labute approximate surface area is 190 Å². The number of thiazole rings is 1. The van der Waals surface area contributed by atoms with Crippen LogP contribution in [0.3, 0.4) is 0 Å². The number of anilines is 2. The maximum absolute atomic E-state index is 14.0. The van der Waals surface area contributed by atoms with E-state index in [0.29, 0.717) is 36.8 Å². The smallest absolute Gasteiger partial charge is 0.290 e. The van der Waals surface area contributed by atoms with Gasteiger partial charge in [0.05, 0.1) is 17.6 Å². The van der Waals surface area contributed by atoms with Crippen LogP contribution in [0.5, 0.6) is 0 Å². The molecule has 4 rings (SSSR count). The van der Waals surface area contributed by atoms with Crippen LogP contribution in [-0.4, -0.2) is 48.6 Å². The minimum atomic E-state index is -3.22. The highest BCUT2D eigenvalue weighted by Gasteiger charge is 2.41. The van der Waals surface area contributed by atoms with Crippen molar-refractivity contribution >= 4 is 38.7 Å². The van der Waals surface area contributed by atoms with Gasteiger partial charge in [-0.05, 0) is 30.5 Å². The van der Waals surface area contributed by atoms with Crippen molar-refractivity contribution in [1.29, 1.82) is 0 Å². The summed E-state index contributed by atoms with van der Waals surface area (Å²) in [6.07, 6.45) is 2.54. The molecule has 2 aromatic carbocycles. The number of benzene rings is 2. The highest BCUT2D eigenvalue weighted by Crippen LogP contribution is 2.43. The predicted octanol–water partition coefficient (Wildman–Crippen LogP) is 4.07. The lowest BCUT2D eigenvalue weighted by molar-refractivity contribution is -0.122. The van der Waals surface area contributed by atoms with E-state index < -0.39 is 10.0 Å². The molecule has 3 aromatic rings. The monoisotopic (exact) mass is 477 g/mol. The highest BCUT2D eigenvalue weighted by molar-refractivity contribution is 7.88. The maximum Gasteiger partial charge on any atom is 0.290 e. The number of rotatable bonds is 5. The summed E-state index contributed by atoms with van der Waals surface area (Å²) in [5, 5.41) is 12.6. The number of carboxylic acid groups (broad SMARTS) is 1. The molecule has 0 spiro atoms. The molecular formula is C22H24FN3O4S2. The van der Waals surface area contributed by atoms with E-state index >= 15 is 0 Å². The third kappa shape index (κ3) is 5.32. The van der Waals surface area contributed by atoms with Gasteiger partial charge in [-0.2, -0.15) is 0 Å². The number of hydrogen-bond acceptors (Lipinski definition) is 6. The molecule has 0 saturated carbocycles. The minimum Gasteiger partial charge on any atom is -0.483 e. The number of hydrogen-bond donors (Lipinski definition) is 2. The lowest BCUT2D eigenvalue weighted by Crippen LogP contribution is -2.45. The normalized spacial score (nSPS) is 15.9. The van der Waals surface area contributed by atoms with Crippen LogP contribution in [0, 0.1) is 5.82 Å². The quantitative estimate of drug-likeness (QED) is 0.538. The Morgan fingerprint density at radius 2 is 1.72 bits per heavy atom. The van der Waals surface area contributed by atoms with Crippen molar-refractivity contribution in [1.82, 2.24) is 9.29 Å². The fourth-order valence-electron chi connectivity index (χ4n) is 3.88. The molecule has 1 aliphatic heterocycles. The molecule has 10 heteroatoms. The molecule has 1 aromatic heterocycles. The van der Waals surface area contributed by atoms with Crippen LogP contribution in [0.15, 0.2) is 60.0 Å². The fourth-order valence-corrected chi connectivity index (χ4v) is 5.55. The molecule has 1 saturated heterocycles. The van der Waals surface area contributed by atoms with Crippen LogP contribution in [0.2, 0.25) is 0 Å². The van der Waals surface area contributed by atoms with Crippen molar-refractivity contribution < 1.29 is 22.7 Å². The second-order valence-electron chi connectivity index (χ2n) is 7.36. The van der Waals surface area contributed by atoms with Gasteiger partial charge in [-0.3, -0.25) is 4.79 Å². The molecule has 32 heavy (non-hydrogen) atoms. The van der Waals surface area contributed by atoms with Crippen molar-refractivity contribution in [2.45, 2.75) is 18.3 Å². The number of para-hydroxylation sites is 1. The van der Waals surface area contributed by atoms with Crippen molar-refractivity contribution in [3.05, 3.63) is 77.1 Å². The fraction of sp³-hybridized carbons (Fsp3) is 0.273. The van der Waals surface area contributed by atoms with Gasteiger partial charge in [0.15, 0.2) is 5.13 Å². The van der Waals surface area contributed by atoms with Gasteiger partial charge in [0.25, 0.3) is 6.47 Å². The molecule has 0 unspecified atom stereocenters. The van der Waals surface area contributed by atoms with E-state index in [0.717, 1.165) is 11.3 Å². The summed E-state index contributed by atoms with van der Waals surface area (Å²) in [5.74, 6) is -0.330. The standard InChI is InChI=1S/C21H22FN3O2S2.CH2O2/c1-29(26,27)25-13-11-21(12-14-25,16-7-3-2-4-8-16)19-15-28-20(24-19)23-18-10-6-5-9-17(18)22;2-1-3/h2-10,15H,11-14H2,1H3,(H,23,24);1H,(H,2,3). The molecule has 0 aliphatic carbocycles. The van der Waals surface area contributed by atoms with Gasteiger partial charge in [-0.15, -0.1) is 11.3 Å². The summed E-state index contributed by atoms with van der Waals surface area (Å²) >= 11 is 1.43. The number of piperidine rings is 1. The molecule has 2 N–H and O–H groups in total. The number of aromatic nitrogens is 1. The first-order valence-electron chi connectivity index (χ1n) is 9.86. The predicted molar refractivity (Wildman–Crippen MR) is 123 cm³/mol. The van der Waals surface area contributed by atoms with Crippen molar-refractivity contribution in [2.24, 2.45) is 0 Å². The highest BCUT2D eigenvalue weighted by atomic mass is 32.2. The Morgan fingerprint density at radius 3 is 2.31 bits per heavy atom. The van der Waals surface area contributed by atoms with Crippen LogP contribution in [0.4, 0.5) is 15.2 Å². The van der Waals surface area contributed by atoms with E-state index in [1.165, 1.54) is 28.0 Å². The van der Waals surface area contributed by atoms with Gasteiger partial charge >= 0.3 is 0 Å². The summed E-state index contributed by atoms with van der Waals surface area (Å²) in [6.45, 7) is 0.642. The van der Waals surface area contributed by atoms with Crippen LogP contribution in [0.25, 0.3) is 0 Å². The molecular weight excluding hydrogens is 453 g/mol. The maximum atomic E-state index is 14.0. The molecule has 0 amide bonds. The lowest BCUT2D eigenvalue weighted by atomic mass is 9.71. The molecule has 7 nitrogen and oxygen atoms in total. The van der Waals surface area contributed by atoms with Crippen molar-refractivity contribution in [3.8, 4) is 0 Å². The van der Waals surface area contributed by atoms with E-state index in [1.54, 1.807) is 18.2 Å². The Kier molecular flexibility index (Phi) is 7.60. The Hall–Kier alpha value is -2.82. The average molecular weight is 478 g/mol. The summed E-state index contributed by atoms with van der Waals surface area (Å²) in [7, 11) is -3.22. The number of halogens is 1. The zero-order valence-corrected chi connectivity index (χ0v) is 19.1. The minimum absolute atomic E-state index is 0.250. The summed E-state index contributed by atoms with van der Waals surface area (Å²) in [5.41, 5.74) is 2.03. The van der Waals surface area contributed by atoms with E-state index in [1.807, 2.05) is 23.6 Å². The first-order valence-corrected chi connectivity index (χ1v) is 12.6. The molecule has 1 aliphatic rings. The second kappa shape index (κ2) is 10.2. The van der Waals surface area contributed by atoms with E-state index in [4.69, 9.17) is 14.9 Å². The largest absolute Gasteiger partial charge is 0.483 e. The van der Waals surface area contributed by atoms with Gasteiger partial charge in [-0.25, -0.2) is 22.1 Å². The van der Waals surface area contributed by atoms with Crippen LogP contribution in [0.1, 0.15) is 24.1 Å². The zero-order chi connectivity index (χ0) is 23.2. The first kappa shape index (κ1) is 23.8. The van der Waals surface area contributed by atoms with Crippen LogP contribution >= 0.6 is 11.3 Å². The summed E-state index contributed by atoms with van der Waals surface area (Å²) in [4.78, 5) is 13.1.